The van der Waals surface area contributed by atoms with Crippen molar-refractivity contribution in [1.82, 2.24) is 0 Å². The lowest BCUT2D eigenvalue weighted by molar-refractivity contribution is -0.123. The molecule has 5 heteroatoms. The van der Waals surface area contributed by atoms with Crippen molar-refractivity contribution in [3.05, 3.63) is 65.2 Å². The third-order valence-electron chi connectivity index (χ3n) is 3.75. The molecule has 26 heavy (non-hydrogen) atoms. The summed E-state index contributed by atoms with van der Waals surface area (Å²) >= 11 is 0. The predicted octanol–water partition coefficient (Wildman–Crippen LogP) is 4.10. The zero-order valence-electron chi connectivity index (χ0n) is 15.6. The number of rotatable bonds is 7. The van der Waals surface area contributed by atoms with E-state index in [4.69, 9.17) is 9.47 Å². The van der Waals surface area contributed by atoms with Crippen LogP contribution in [0.3, 0.4) is 0 Å². The first-order valence-corrected chi connectivity index (χ1v) is 8.64. The topological polar surface area (TPSA) is 64.6 Å². The van der Waals surface area contributed by atoms with Crippen LogP contribution in [0.4, 0.5) is 5.69 Å². The van der Waals surface area contributed by atoms with Crippen molar-refractivity contribution in [1.29, 1.82) is 0 Å². The van der Waals surface area contributed by atoms with Gasteiger partial charge in [-0.05, 0) is 57.5 Å². The van der Waals surface area contributed by atoms with E-state index in [1.54, 1.807) is 31.2 Å². The van der Waals surface area contributed by atoms with Gasteiger partial charge >= 0.3 is 5.97 Å². The van der Waals surface area contributed by atoms with E-state index in [0.29, 0.717) is 17.9 Å². The molecule has 0 spiro atoms. The van der Waals surface area contributed by atoms with Gasteiger partial charge in [-0.2, -0.15) is 0 Å². The van der Waals surface area contributed by atoms with Crippen LogP contribution in [-0.4, -0.2) is 24.1 Å². The van der Waals surface area contributed by atoms with Gasteiger partial charge in [-0.3, -0.25) is 4.79 Å². The van der Waals surface area contributed by atoms with Crippen LogP contribution in [0.2, 0.25) is 0 Å². The van der Waals surface area contributed by atoms with Gasteiger partial charge in [-0.25, -0.2) is 4.79 Å². The third kappa shape index (κ3) is 6.01. The molecule has 0 aliphatic carbocycles. The molecule has 2 rings (SSSR count). The van der Waals surface area contributed by atoms with Crippen LogP contribution in [0.5, 0.6) is 0 Å². The maximum atomic E-state index is 12.2. The number of hydrogen-bond donors (Lipinski definition) is 1. The van der Waals surface area contributed by atoms with E-state index in [9.17, 15) is 9.59 Å². The number of hydrogen-bond acceptors (Lipinski definition) is 4. The molecule has 0 fully saturated rings. The van der Waals surface area contributed by atoms with Crippen LogP contribution < -0.4 is 5.32 Å². The Morgan fingerprint density at radius 1 is 0.962 bits per heavy atom. The summed E-state index contributed by atoms with van der Waals surface area (Å²) in [5.74, 6) is -0.906. The molecule has 0 unspecified atom stereocenters. The third-order valence-corrected chi connectivity index (χ3v) is 3.75. The number of aryl methyl sites for hydroxylation is 1. The Balaban J connectivity index is 1.89. The number of carbonyl (C=O) groups excluding carboxylic acids is 2. The Labute approximate surface area is 154 Å². The zero-order chi connectivity index (χ0) is 19.1. The average molecular weight is 355 g/mol. The number of esters is 1. The number of benzene rings is 2. The molecule has 5 nitrogen and oxygen atoms in total. The molecule has 0 aliphatic rings. The summed E-state index contributed by atoms with van der Waals surface area (Å²) in [6, 6.07) is 14.4. The van der Waals surface area contributed by atoms with E-state index < -0.39 is 12.1 Å². The van der Waals surface area contributed by atoms with E-state index in [1.807, 2.05) is 45.0 Å². The number of nitrogens with one attached hydrogen (secondary N) is 1. The molecule has 1 atom stereocenters. The fraction of sp³-hybridized carbons (Fsp3) is 0.333. The van der Waals surface area contributed by atoms with Crippen molar-refractivity contribution in [3.63, 3.8) is 0 Å². The lowest BCUT2D eigenvalue weighted by Gasteiger charge is -2.14. The highest BCUT2D eigenvalue weighted by Gasteiger charge is 2.19. The van der Waals surface area contributed by atoms with E-state index in [1.165, 1.54) is 0 Å². The molecule has 0 saturated carbocycles. The summed E-state index contributed by atoms with van der Waals surface area (Å²) in [6.07, 6.45) is -0.750. The van der Waals surface area contributed by atoms with Gasteiger partial charge in [0.25, 0.3) is 5.91 Å². The number of ether oxygens (including phenoxy) is 2. The number of amides is 1. The predicted molar refractivity (Wildman–Crippen MR) is 101 cm³/mol. The molecule has 1 amide bonds. The van der Waals surface area contributed by atoms with Crippen LogP contribution >= 0.6 is 0 Å². The molecular weight excluding hydrogens is 330 g/mol. The summed E-state index contributed by atoms with van der Waals surface area (Å²) in [7, 11) is 0. The second-order valence-corrected chi connectivity index (χ2v) is 6.46. The van der Waals surface area contributed by atoms with Crippen molar-refractivity contribution >= 4 is 17.6 Å². The Kier molecular flexibility index (Phi) is 6.92. The molecule has 0 aliphatic heterocycles. The number of anilines is 1. The van der Waals surface area contributed by atoms with Gasteiger partial charge in [0.05, 0.1) is 18.3 Å². The highest BCUT2D eigenvalue weighted by Crippen LogP contribution is 2.12. The van der Waals surface area contributed by atoms with Gasteiger partial charge in [0.15, 0.2) is 6.10 Å². The van der Waals surface area contributed by atoms with Crippen molar-refractivity contribution in [2.75, 3.05) is 5.32 Å². The lowest BCUT2D eigenvalue weighted by atomic mass is 10.1. The average Bonchev–Trinajstić information content (AvgIpc) is 2.62. The molecule has 0 heterocycles. The van der Waals surface area contributed by atoms with Gasteiger partial charge in [0.2, 0.25) is 0 Å². The summed E-state index contributed by atoms with van der Waals surface area (Å²) in [5, 5.41) is 2.73. The highest BCUT2D eigenvalue weighted by atomic mass is 16.5. The van der Waals surface area contributed by atoms with Crippen molar-refractivity contribution in [2.24, 2.45) is 0 Å². The second-order valence-electron chi connectivity index (χ2n) is 6.46. The second kappa shape index (κ2) is 9.15. The van der Waals surface area contributed by atoms with E-state index >= 15 is 0 Å². The van der Waals surface area contributed by atoms with Gasteiger partial charge < -0.3 is 14.8 Å². The standard InChI is InChI=1S/C21H25NO4/c1-14(2)25-13-17-7-9-18(10-8-17)21(24)26-16(4)20(23)22-19-11-5-15(3)6-12-19/h5-12,14,16H,13H2,1-4H3,(H,22,23)/t16-/m0/s1. The summed E-state index contributed by atoms with van der Waals surface area (Å²) < 4.78 is 10.8. The molecule has 0 bridgehead atoms. The number of carbonyl (C=O) groups is 2. The van der Waals surface area contributed by atoms with Gasteiger partial charge in [-0.1, -0.05) is 29.8 Å². The van der Waals surface area contributed by atoms with Crippen molar-refractivity contribution < 1.29 is 19.1 Å². The maximum absolute atomic E-state index is 12.2. The van der Waals surface area contributed by atoms with Gasteiger partial charge in [-0.15, -0.1) is 0 Å². The van der Waals surface area contributed by atoms with Crippen LogP contribution in [0.25, 0.3) is 0 Å². The minimum Gasteiger partial charge on any atom is -0.449 e. The molecular formula is C21H25NO4. The fourth-order valence-electron chi connectivity index (χ4n) is 2.16. The van der Waals surface area contributed by atoms with Gasteiger partial charge in [0, 0.05) is 5.69 Å². The first-order valence-electron chi connectivity index (χ1n) is 8.64. The highest BCUT2D eigenvalue weighted by molar-refractivity contribution is 5.97. The smallest absolute Gasteiger partial charge is 0.338 e. The zero-order valence-corrected chi connectivity index (χ0v) is 15.6. The van der Waals surface area contributed by atoms with Gasteiger partial charge in [0.1, 0.15) is 0 Å². The maximum Gasteiger partial charge on any atom is 0.338 e. The Morgan fingerprint density at radius 2 is 1.58 bits per heavy atom. The Morgan fingerprint density at radius 3 is 2.15 bits per heavy atom. The molecule has 138 valence electrons. The van der Waals surface area contributed by atoms with Crippen LogP contribution in [0, 0.1) is 6.92 Å². The van der Waals surface area contributed by atoms with E-state index in [-0.39, 0.29) is 12.0 Å². The van der Waals surface area contributed by atoms with Crippen molar-refractivity contribution in [3.8, 4) is 0 Å². The Hall–Kier alpha value is -2.66. The van der Waals surface area contributed by atoms with E-state index in [0.717, 1.165) is 11.1 Å². The summed E-state index contributed by atoms with van der Waals surface area (Å²) in [4.78, 5) is 24.4. The first-order chi connectivity index (χ1) is 12.3. The fourth-order valence-corrected chi connectivity index (χ4v) is 2.16. The molecule has 1 N–H and O–H groups in total. The SMILES string of the molecule is Cc1ccc(NC(=O)[C@H](C)OC(=O)c2ccc(COC(C)C)cc2)cc1. The lowest BCUT2D eigenvalue weighted by Crippen LogP contribution is -2.30. The molecule has 2 aromatic carbocycles. The van der Waals surface area contributed by atoms with Crippen LogP contribution in [0.1, 0.15) is 42.3 Å². The van der Waals surface area contributed by atoms with Crippen LogP contribution in [0.15, 0.2) is 48.5 Å². The molecule has 0 radical (unpaired) electrons. The molecule has 0 aromatic heterocycles. The monoisotopic (exact) mass is 355 g/mol. The first kappa shape index (κ1) is 19.7. The van der Waals surface area contributed by atoms with Crippen molar-refractivity contribution in [2.45, 2.75) is 46.5 Å². The largest absolute Gasteiger partial charge is 0.449 e. The quantitative estimate of drug-likeness (QED) is 0.759. The minimum absolute atomic E-state index is 0.146. The van der Waals surface area contributed by atoms with E-state index in [2.05, 4.69) is 5.32 Å². The normalized spacial score (nSPS) is 11.9. The minimum atomic E-state index is -0.896. The summed E-state index contributed by atoms with van der Waals surface area (Å²) in [5.41, 5.74) is 3.14. The Bertz CT molecular complexity index is 736. The summed E-state index contributed by atoms with van der Waals surface area (Å²) in [6.45, 7) is 7.94. The molecule has 0 saturated heterocycles. The molecule has 2 aromatic rings. The van der Waals surface area contributed by atoms with Crippen LogP contribution in [-0.2, 0) is 20.9 Å².